The second kappa shape index (κ2) is 24.0. The number of benzene rings is 4. The van der Waals surface area contributed by atoms with E-state index in [1.54, 1.807) is 0 Å². The first-order valence-corrected chi connectivity index (χ1v) is 23.2. The molecule has 0 saturated carbocycles. The first kappa shape index (κ1) is 51.6. The van der Waals surface area contributed by atoms with Gasteiger partial charge in [0, 0.05) is 11.1 Å². The minimum Gasteiger partial charge on any atom is -0.665 e. The molecule has 0 aliphatic heterocycles. The molecule has 59 heavy (non-hydrogen) atoms. The largest absolute Gasteiger partial charge is 0.665 e. The molecule has 3 nitrogen and oxygen atoms in total. The normalized spacial score (nSPS) is 11.2. The summed E-state index contributed by atoms with van der Waals surface area (Å²) in [7, 11) is 0. The van der Waals surface area contributed by atoms with Crippen LogP contribution in [-0.2, 0) is 19.6 Å². The third kappa shape index (κ3) is 14.0. The zero-order valence-electron chi connectivity index (χ0n) is 39.8. The first-order chi connectivity index (χ1) is 27.6. The van der Waals surface area contributed by atoms with Crippen LogP contribution in [0.25, 0.3) is 22.3 Å². The van der Waals surface area contributed by atoms with Crippen LogP contribution in [0.4, 0.5) is 5.69 Å². The number of nitrogens with zero attached hydrogens (tertiary/aromatic N) is 2. The van der Waals surface area contributed by atoms with Gasteiger partial charge in [0.1, 0.15) is 5.75 Å². The number of aromatic hydroxyl groups is 1. The summed E-state index contributed by atoms with van der Waals surface area (Å²) in [6.07, 6.45) is 0.750. The summed E-state index contributed by atoms with van der Waals surface area (Å²) in [6, 6.07) is 26.2. The maximum atomic E-state index is 12.0. The number of hydrogen-bond donors (Lipinski definition) is 1. The van der Waals surface area contributed by atoms with Gasteiger partial charge in [-0.3, -0.25) is 0 Å². The topological polar surface area (TPSA) is 46.7 Å². The summed E-state index contributed by atoms with van der Waals surface area (Å²) < 4.78 is 4.50. The van der Waals surface area contributed by atoms with E-state index in [0.29, 0.717) is 47.2 Å². The molecule has 0 unspecified atom stereocenters. The van der Waals surface area contributed by atoms with E-state index in [-0.39, 0.29) is 0 Å². The number of aromatic nitrogens is 1. The fourth-order valence-electron chi connectivity index (χ4n) is 7.49. The van der Waals surface area contributed by atoms with Crippen molar-refractivity contribution in [2.75, 3.05) is 0 Å². The summed E-state index contributed by atoms with van der Waals surface area (Å²) in [5, 5.41) is 12.0. The van der Waals surface area contributed by atoms with Gasteiger partial charge in [0.05, 0.1) is 0 Å². The van der Waals surface area contributed by atoms with Crippen LogP contribution in [0.5, 0.6) is 5.75 Å². The molecule has 0 fully saturated rings. The Bertz CT molecular complexity index is 1970. The average Bonchev–Trinajstić information content (AvgIpc) is 3.55. The van der Waals surface area contributed by atoms with Crippen molar-refractivity contribution < 1.29 is 24.7 Å². The fourth-order valence-corrected chi connectivity index (χ4v) is 8.25. The van der Waals surface area contributed by atoms with Crippen molar-refractivity contribution in [3.8, 4) is 28.0 Å². The molecule has 0 spiro atoms. The number of para-hydroxylation sites is 1. The molecule has 0 amide bonds. The Labute approximate surface area is 373 Å². The minimum atomic E-state index is 0.362. The van der Waals surface area contributed by atoms with Gasteiger partial charge in [-0.25, -0.2) is 0 Å². The van der Waals surface area contributed by atoms with E-state index in [4.69, 9.17) is 0 Å². The molecular weight excluding hydrogens is 888 g/mol. The van der Waals surface area contributed by atoms with Gasteiger partial charge in [-0.1, -0.05) is 143 Å². The molecule has 1 aromatic heterocycles. The Balaban J connectivity index is 0.000000405. The van der Waals surface area contributed by atoms with Crippen LogP contribution >= 0.6 is 0 Å². The standard InChI is InChI=1S/C34H46O.C12H17N.C6H8N.C3H6.W/c1-19(2)25-17-30(22(7)8)33(31(18-25)23(9)10)27-14-12-13-26(34(27)35)32-28(20(3)4)15-24(11)16-29(32)21(5)6;1-8(2)10-6-5-7-11(9(3)4)12(10)13;1-5-3-4-6(2)7-5;1-3-2;/h12-23,35H,1-11H3;5-9H,1-4H3;3-4H,1-2H3;1-3H2;/q;;-1;-2;. The molecule has 1 heterocycles. The fraction of sp³-hybridized carbons (Fsp3) is 0.455. The van der Waals surface area contributed by atoms with Gasteiger partial charge in [0.25, 0.3) is 0 Å². The third-order valence-corrected chi connectivity index (χ3v) is 11.3. The first-order valence-electron chi connectivity index (χ1n) is 21.9. The molecule has 5 rings (SSSR count). The van der Waals surface area contributed by atoms with Gasteiger partial charge < -0.3 is 30.4 Å². The van der Waals surface area contributed by atoms with E-state index in [9.17, 15) is 5.11 Å². The summed E-state index contributed by atoms with van der Waals surface area (Å²) in [5.74, 6) is 3.46. The summed E-state index contributed by atoms with van der Waals surface area (Å²) in [6.45, 7) is 44.4. The van der Waals surface area contributed by atoms with E-state index in [1.165, 1.54) is 81.0 Å². The maximum Gasteiger partial charge on any atom is 0.131 e. The Hall–Kier alpha value is -3.55. The van der Waals surface area contributed by atoms with Crippen LogP contribution in [-0.4, -0.2) is 5.11 Å². The Kier molecular flexibility index (Phi) is 21.0. The van der Waals surface area contributed by atoms with Crippen LogP contribution in [0, 0.1) is 34.6 Å². The zero-order valence-corrected chi connectivity index (χ0v) is 42.8. The summed E-state index contributed by atoms with van der Waals surface area (Å²) in [5.41, 5.74) is 18.5. The van der Waals surface area contributed by atoms with Crippen LogP contribution < -0.4 is 4.98 Å². The smallest absolute Gasteiger partial charge is 0.131 e. The van der Waals surface area contributed by atoms with E-state index in [0.717, 1.165) is 28.9 Å². The number of hydrogen-bond acceptors (Lipinski definition) is 2. The molecule has 5 aromatic rings. The molecule has 0 bridgehead atoms. The zero-order chi connectivity index (χ0) is 44.9. The van der Waals surface area contributed by atoms with E-state index in [2.05, 4.69) is 187 Å². The minimum absolute atomic E-state index is 0.362. The third-order valence-electron chi connectivity index (χ3n) is 10.6. The monoisotopic (exact) mass is 966 g/mol. The van der Waals surface area contributed by atoms with Crippen molar-refractivity contribution in [1.82, 2.24) is 4.98 Å². The van der Waals surface area contributed by atoms with Crippen molar-refractivity contribution in [1.29, 1.82) is 0 Å². The van der Waals surface area contributed by atoms with E-state index in [1.807, 2.05) is 26.0 Å². The van der Waals surface area contributed by atoms with Crippen molar-refractivity contribution in [3.05, 3.63) is 143 Å². The van der Waals surface area contributed by atoms with Gasteiger partial charge in [-0.15, -0.1) is 0 Å². The molecule has 4 aromatic carbocycles. The van der Waals surface area contributed by atoms with Crippen molar-refractivity contribution in [2.24, 2.45) is 3.50 Å². The molecule has 1 N–H and O–H groups in total. The Morgan fingerprint density at radius 3 is 1.10 bits per heavy atom. The molecule has 0 aliphatic rings. The SMILES string of the molecule is CC(C)c1cccc(C(C)C)c1[N]=[W].Cc1cc(C(C)C)c(-c2cccc(-c3c(C(C)C)cc(C(C)C)cc3C(C)C)c2O)c(C(C)C)c1.Cc1ccc(C)[n-]1.[CH2-]C[CH2-]. The predicted molar refractivity (Wildman–Crippen MR) is 255 cm³/mol. The molecule has 0 saturated heterocycles. The van der Waals surface area contributed by atoms with E-state index < -0.39 is 0 Å². The Morgan fingerprint density at radius 1 is 0.508 bits per heavy atom. The Morgan fingerprint density at radius 2 is 0.831 bits per heavy atom. The molecule has 0 radical (unpaired) electrons. The molecule has 322 valence electrons. The second-order valence-corrected chi connectivity index (χ2v) is 18.8. The van der Waals surface area contributed by atoms with Gasteiger partial charge in [-0.2, -0.15) is 11.4 Å². The number of aryl methyl sites for hydroxylation is 3. The predicted octanol–water partition coefficient (Wildman–Crippen LogP) is 17.3. The second-order valence-electron chi connectivity index (χ2n) is 18.1. The van der Waals surface area contributed by atoms with Gasteiger partial charge in [0.15, 0.2) is 0 Å². The summed E-state index contributed by atoms with van der Waals surface area (Å²) >= 11 is 1.29. The van der Waals surface area contributed by atoms with E-state index >= 15 is 0 Å². The number of rotatable bonds is 10. The van der Waals surface area contributed by atoms with Crippen LogP contribution in [0.1, 0.15) is 201 Å². The molecule has 0 atom stereocenters. The van der Waals surface area contributed by atoms with Gasteiger partial charge in [-0.05, 0) is 75.5 Å². The van der Waals surface area contributed by atoms with Crippen molar-refractivity contribution in [2.45, 2.75) is 166 Å². The van der Waals surface area contributed by atoms with Crippen LogP contribution in [0.2, 0.25) is 0 Å². The van der Waals surface area contributed by atoms with Crippen molar-refractivity contribution in [3.63, 3.8) is 0 Å². The van der Waals surface area contributed by atoms with Gasteiger partial charge >= 0.3 is 97.7 Å². The molecule has 4 heteroatoms. The van der Waals surface area contributed by atoms with Crippen LogP contribution in [0.15, 0.2) is 76.3 Å². The number of phenols is 1. The van der Waals surface area contributed by atoms with Crippen molar-refractivity contribution >= 4 is 5.69 Å². The molecular formula is C55H77N2OW-3. The van der Waals surface area contributed by atoms with Crippen LogP contribution in [0.3, 0.4) is 0 Å². The molecule has 0 aliphatic carbocycles. The van der Waals surface area contributed by atoms with Gasteiger partial charge in [0.2, 0.25) is 0 Å². The number of phenolic OH excluding ortho intramolecular Hbond substituents is 1. The average molecular weight is 966 g/mol. The summed E-state index contributed by atoms with van der Waals surface area (Å²) in [4.78, 5) is 4.11. The quantitative estimate of drug-likeness (QED) is 0.142. The maximum absolute atomic E-state index is 12.0.